The lowest BCUT2D eigenvalue weighted by Crippen LogP contribution is -2.59. The zero-order valence-corrected chi connectivity index (χ0v) is 24.9. The number of rotatable bonds is 12. The lowest BCUT2D eigenvalue weighted by molar-refractivity contribution is 0.292. The molecule has 0 atom stereocenters. The Morgan fingerprint density at radius 2 is 1.00 bits per heavy atom. The van der Waals surface area contributed by atoms with Gasteiger partial charge in [0.25, 0.3) is 0 Å². The third-order valence-electron chi connectivity index (χ3n) is 3.11. The van der Waals surface area contributed by atoms with Crippen molar-refractivity contribution in [3.05, 3.63) is 0 Å². The largest absolute Gasteiger partial charge is 0.437 e. The summed E-state index contributed by atoms with van der Waals surface area (Å²) in [6, 6.07) is 0.509. The van der Waals surface area contributed by atoms with Crippen molar-refractivity contribution in [1.29, 1.82) is 0 Å². The molecule has 27 heavy (non-hydrogen) atoms. The van der Waals surface area contributed by atoms with Crippen molar-refractivity contribution in [2.24, 2.45) is 0 Å². The molecule has 0 aliphatic heterocycles. The fourth-order valence-corrected chi connectivity index (χ4v) is 27.5. The van der Waals surface area contributed by atoms with E-state index in [0.29, 0.717) is 12.5 Å². The van der Waals surface area contributed by atoms with Crippen molar-refractivity contribution in [2.45, 2.75) is 84.5 Å². The molecule has 0 aromatic rings. The first-order chi connectivity index (χ1) is 11.5. The Labute approximate surface area is 171 Å². The fraction of sp³-hybridized carbons (Fsp3) is 1.00. The Morgan fingerprint density at radius 3 is 1.26 bits per heavy atom. The molecule has 0 aromatic heterocycles. The summed E-state index contributed by atoms with van der Waals surface area (Å²) in [5, 5.41) is 0. The first kappa shape index (κ1) is 28.1. The minimum atomic E-state index is -4.04. The van der Waals surface area contributed by atoms with Crippen LogP contribution >= 0.6 is 7.60 Å². The van der Waals surface area contributed by atoms with Crippen molar-refractivity contribution in [3.63, 3.8) is 0 Å². The minimum Gasteiger partial charge on any atom is -0.437 e. The fourth-order valence-electron chi connectivity index (χ4n) is 3.29. The van der Waals surface area contributed by atoms with Crippen LogP contribution in [0, 0.1) is 0 Å². The van der Waals surface area contributed by atoms with Gasteiger partial charge in [-0.25, -0.2) is 0 Å². The molecule has 0 amide bonds. The summed E-state index contributed by atoms with van der Waals surface area (Å²) in [6.07, 6.45) is 0.206. The molecular formula is C14H41O7PSi5. The highest BCUT2D eigenvalue weighted by atomic mass is 31.2. The van der Waals surface area contributed by atoms with Gasteiger partial charge in [-0.1, -0.05) is 0 Å². The second kappa shape index (κ2) is 9.48. The minimum absolute atomic E-state index is 0.157. The van der Waals surface area contributed by atoms with Gasteiger partial charge >= 0.3 is 33.3 Å². The molecule has 7 nitrogen and oxygen atoms in total. The maximum absolute atomic E-state index is 11.3. The molecule has 0 aliphatic rings. The number of hydrogen-bond donors (Lipinski definition) is 2. The molecule has 0 aromatic carbocycles. The van der Waals surface area contributed by atoms with E-state index in [2.05, 4.69) is 39.3 Å². The van der Waals surface area contributed by atoms with Gasteiger partial charge in [-0.3, -0.25) is 4.57 Å². The van der Waals surface area contributed by atoms with Crippen molar-refractivity contribution >= 4 is 49.9 Å². The van der Waals surface area contributed by atoms with Crippen LogP contribution in [-0.2, 0) is 21.0 Å². The molecule has 0 bridgehead atoms. The molecule has 0 unspecified atom stereocenters. The summed E-state index contributed by atoms with van der Waals surface area (Å²) < 4.78 is 37.0. The van der Waals surface area contributed by atoms with Crippen LogP contribution in [0.3, 0.4) is 0 Å². The molecule has 0 saturated carbocycles. The molecule has 0 radical (unpaired) electrons. The van der Waals surface area contributed by atoms with Gasteiger partial charge in [-0.15, -0.1) is 0 Å². The van der Waals surface area contributed by atoms with Gasteiger partial charge in [-0.2, -0.15) is 0 Å². The van der Waals surface area contributed by atoms with Crippen LogP contribution < -0.4 is 0 Å². The summed E-state index contributed by atoms with van der Waals surface area (Å²) in [5.41, 5.74) is 0. The SMILES string of the molecule is C[Si](C)(C)O[Si](C)(C)O[Si](C)(CCCP(=O)(O)O)O[Si](C)(C)O[Si](C)(C)C. The van der Waals surface area contributed by atoms with Crippen molar-refractivity contribution in [2.75, 3.05) is 6.16 Å². The summed E-state index contributed by atoms with van der Waals surface area (Å²) in [7, 11) is -15.2. The Kier molecular flexibility index (Phi) is 9.85. The summed E-state index contributed by atoms with van der Waals surface area (Å²) in [6.45, 7) is 22.9. The summed E-state index contributed by atoms with van der Waals surface area (Å²) in [5.74, 6) is 0. The van der Waals surface area contributed by atoms with E-state index >= 15 is 0 Å². The maximum atomic E-state index is 11.3. The predicted molar refractivity (Wildman–Crippen MR) is 124 cm³/mol. The Balaban J connectivity index is 5.45. The smallest absolute Gasteiger partial charge is 0.325 e. The van der Waals surface area contributed by atoms with Crippen LogP contribution in [0.25, 0.3) is 0 Å². The van der Waals surface area contributed by atoms with Crippen LogP contribution in [0.1, 0.15) is 6.42 Å². The first-order valence-electron chi connectivity index (χ1n) is 9.39. The quantitative estimate of drug-likeness (QED) is 0.299. The number of hydrogen-bond acceptors (Lipinski definition) is 5. The second-order valence-electron chi connectivity index (χ2n) is 10.1. The normalized spacial score (nSPS) is 15.3. The van der Waals surface area contributed by atoms with Gasteiger partial charge in [0, 0.05) is 6.16 Å². The van der Waals surface area contributed by atoms with Crippen molar-refractivity contribution in [1.82, 2.24) is 0 Å². The van der Waals surface area contributed by atoms with E-state index in [1.165, 1.54) is 0 Å². The average Bonchev–Trinajstić information content (AvgIpc) is 2.15. The van der Waals surface area contributed by atoms with Gasteiger partial charge in [-0.05, 0) is 84.5 Å². The second-order valence-corrected chi connectivity index (χ2v) is 31.9. The molecule has 0 spiro atoms. The topological polar surface area (TPSA) is 94.5 Å². The third-order valence-corrected chi connectivity index (χ3v) is 21.5. The lowest BCUT2D eigenvalue weighted by Gasteiger charge is -2.43. The molecule has 164 valence electrons. The zero-order valence-electron chi connectivity index (χ0n) is 19.0. The third kappa shape index (κ3) is 15.6. The molecule has 2 N–H and O–H groups in total. The Bertz CT molecular complexity index is 495. The molecule has 0 aliphatic carbocycles. The van der Waals surface area contributed by atoms with Crippen LogP contribution in [0.5, 0.6) is 0 Å². The first-order valence-corrected chi connectivity index (χ1v) is 26.2. The lowest BCUT2D eigenvalue weighted by atomic mass is 10.6. The van der Waals surface area contributed by atoms with Gasteiger partial charge in [0.1, 0.15) is 0 Å². The molecule has 0 rings (SSSR count). The van der Waals surface area contributed by atoms with Crippen molar-refractivity contribution in [3.8, 4) is 0 Å². The van der Waals surface area contributed by atoms with Gasteiger partial charge in [0.15, 0.2) is 16.6 Å². The summed E-state index contributed by atoms with van der Waals surface area (Å²) in [4.78, 5) is 18.4. The van der Waals surface area contributed by atoms with Gasteiger partial charge < -0.3 is 26.2 Å². The standard InChI is InChI=1S/C14H41O7PSi5/c1-23(2,3)18-25(7,8)20-27(11,14-12-13-22(15,16)17)21-26(9,10)19-24(4,5)6/h12-14H2,1-11H3,(H2,15,16,17). The van der Waals surface area contributed by atoms with E-state index in [1.807, 2.05) is 32.7 Å². The van der Waals surface area contributed by atoms with E-state index in [9.17, 15) is 14.4 Å². The van der Waals surface area contributed by atoms with E-state index in [1.54, 1.807) is 0 Å². The highest BCUT2D eigenvalue weighted by Crippen LogP contribution is 2.37. The molecule has 0 heterocycles. The Morgan fingerprint density at radius 1 is 0.667 bits per heavy atom. The van der Waals surface area contributed by atoms with Gasteiger partial charge in [0.05, 0.1) is 0 Å². The van der Waals surface area contributed by atoms with E-state index in [4.69, 9.17) is 16.5 Å². The molecular weight excluding hydrogens is 452 g/mol. The van der Waals surface area contributed by atoms with Crippen molar-refractivity contribution < 1.29 is 30.8 Å². The Hall–Kier alpha value is 1.07. The predicted octanol–water partition coefficient (Wildman–Crippen LogP) is 4.77. The summed E-state index contributed by atoms with van der Waals surface area (Å²) >= 11 is 0. The van der Waals surface area contributed by atoms with Crippen LogP contribution in [0.4, 0.5) is 0 Å². The monoisotopic (exact) mass is 492 g/mol. The van der Waals surface area contributed by atoms with E-state index in [0.717, 1.165) is 0 Å². The van der Waals surface area contributed by atoms with Crippen LogP contribution in [0.15, 0.2) is 0 Å². The maximum Gasteiger partial charge on any atom is 0.325 e. The van der Waals surface area contributed by atoms with Crippen LogP contribution in [-0.4, -0.2) is 58.3 Å². The average molecular weight is 493 g/mol. The van der Waals surface area contributed by atoms with Crippen LogP contribution in [0.2, 0.25) is 78.1 Å². The molecule has 13 heteroatoms. The van der Waals surface area contributed by atoms with E-state index in [-0.39, 0.29) is 6.16 Å². The highest BCUT2D eigenvalue weighted by Gasteiger charge is 2.47. The molecule has 0 saturated heterocycles. The molecule has 0 fully saturated rings. The van der Waals surface area contributed by atoms with Gasteiger partial charge in [0.2, 0.25) is 0 Å². The highest BCUT2D eigenvalue weighted by molar-refractivity contribution is 7.51. The van der Waals surface area contributed by atoms with E-state index < -0.39 is 49.9 Å². The zero-order chi connectivity index (χ0) is 21.9.